The van der Waals surface area contributed by atoms with Crippen LogP contribution in [0.25, 0.3) is 0 Å². The van der Waals surface area contributed by atoms with E-state index in [1.807, 2.05) is 109 Å². The van der Waals surface area contributed by atoms with Gasteiger partial charge < -0.3 is 20.1 Å². The average molecular weight is 425 g/mol. The molecule has 5 nitrogen and oxygen atoms in total. The first kappa shape index (κ1) is 21.0. The van der Waals surface area contributed by atoms with Crippen LogP contribution in [0.2, 0.25) is 0 Å². The fourth-order valence-corrected chi connectivity index (χ4v) is 3.03. The topological polar surface area (TPSA) is 59.6 Å². The van der Waals surface area contributed by atoms with Crippen molar-refractivity contribution in [3.63, 3.8) is 0 Å². The predicted molar refractivity (Wildman–Crippen MR) is 127 cm³/mol. The Morgan fingerprint density at radius 3 is 1.88 bits per heavy atom. The smallest absolute Gasteiger partial charge is 0.243 e. The molecule has 4 aromatic rings. The first-order valence-corrected chi connectivity index (χ1v) is 10.4. The van der Waals surface area contributed by atoms with E-state index in [1.54, 1.807) is 0 Å². The zero-order valence-electron chi connectivity index (χ0n) is 17.5. The van der Waals surface area contributed by atoms with Crippen molar-refractivity contribution in [2.45, 2.75) is 6.61 Å². The SMILES string of the molecule is O=C(CNc1ccc(OCc2ccccc2)cc1)Nc1ccc(Oc2ccccc2)cc1. The Kier molecular flexibility index (Phi) is 7.01. The molecular formula is C27H24N2O3. The van der Waals surface area contributed by atoms with Crippen LogP contribution in [0.1, 0.15) is 5.56 Å². The second kappa shape index (κ2) is 10.7. The van der Waals surface area contributed by atoms with Crippen molar-refractivity contribution in [3.8, 4) is 17.2 Å². The highest BCUT2D eigenvalue weighted by atomic mass is 16.5. The lowest BCUT2D eigenvalue weighted by molar-refractivity contribution is -0.114. The van der Waals surface area contributed by atoms with Crippen LogP contribution >= 0.6 is 0 Å². The highest BCUT2D eigenvalue weighted by molar-refractivity contribution is 5.93. The van der Waals surface area contributed by atoms with Gasteiger partial charge in [0, 0.05) is 11.4 Å². The van der Waals surface area contributed by atoms with Crippen molar-refractivity contribution >= 4 is 17.3 Å². The summed E-state index contributed by atoms with van der Waals surface area (Å²) in [5.74, 6) is 2.12. The molecule has 4 rings (SSSR count). The van der Waals surface area contributed by atoms with E-state index in [2.05, 4.69) is 10.6 Å². The highest BCUT2D eigenvalue weighted by Gasteiger charge is 2.04. The second-order valence-electron chi connectivity index (χ2n) is 7.14. The van der Waals surface area contributed by atoms with Crippen LogP contribution in [-0.2, 0) is 11.4 Å². The molecule has 0 atom stereocenters. The number of carbonyl (C=O) groups is 1. The molecule has 0 aromatic heterocycles. The van der Waals surface area contributed by atoms with Gasteiger partial charge in [-0.2, -0.15) is 0 Å². The summed E-state index contributed by atoms with van der Waals surface area (Å²) in [7, 11) is 0. The number of anilines is 2. The average Bonchev–Trinajstić information content (AvgIpc) is 2.85. The number of rotatable bonds is 9. The van der Waals surface area contributed by atoms with Gasteiger partial charge in [0.2, 0.25) is 5.91 Å². The van der Waals surface area contributed by atoms with Crippen molar-refractivity contribution in [3.05, 3.63) is 115 Å². The van der Waals surface area contributed by atoms with E-state index in [0.717, 1.165) is 22.7 Å². The van der Waals surface area contributed by atoms with Crippen LogP contribution in [0.5, 0.6) is 17.2 Å². The van der Waals surface area contributed by atoms with E-state index >= 15 is 0 Å². The van der Waals surface area contributed by atoms with Gasteiger partial charge in [-0.1, -0.05) is 48.5 Å². The number of ether oxygens (including phenoxy) is 2. The molecule has 1 amide bonds. The van der Waals surface area contributed by atoms with Crippen LogP contribution in [-0.4, -0.2) is 12.5 Å². The van der Waals surface area contributed by atoms with Gasteiger partial charge in [-0.3, -0.25) is 4.79 Å². The van der Waals surface area contributed by atoms with Gasteiger partial charge in [-0.25, -0.2) is 0 Å². The molecule has 5 heteroatoms. The molecule has 2 N–H and O–H groups in total. The third kappa shape index (κ3) is 6.37. The molecule has 160 valence electrons. The van der Waals surface area contributed by atoms with Crippen LogP contribution in [0.4, 0.5) is 11.4 Å². The highest BCUT2D eigenvalue weighted by Crippen LogP contribution is 2.22. The lowest BCUT2D eigenvalue weighted by atomic mass is 10.2. The molecule has 0 spiro atoms. The van der Waals surface area contributed by atoms with Gasteiger partial charge >= 0.3 is 0 Å². The number of amides is 1. The third-order valence-corrected chi connectivity index (χ3v) is 4.67. The van der Waals surface area contributed by atoms with E-state index in [-0.39, 0.29) is 12.5 Å². The number of carbonyl (C=O) groups excluding carboxylic acids is 1. The number of benzene rings is 4. The molecule has 4 aromatic carbocycles. The minimum absolute atomic E-state index is 0.133. The zero-order chi connectivity index (χ0) is 22.0. The second-order valence-corrected chi connectivity index (χ2v) is 7.14. The molecule has 0 heterocycles. The Morgan fingerprint density at radius 2 is 1.19 bits per heavy atom. The van der Waals surface area contributed by atoms with Crippen LogP contribution in [0.3, 0.4) is 0 Å². The Hall–Kier alpha value is -4.25. The van der Waals surface area contributed by atoms with E-state index in [4.69, 9.17) is 9.47 Å². The van der Waals surface area contributed by atoms with Gasteiger partial charge in [-0.05, 0) is 66.2 Å². The van der Waals surface area contributed by atoms with Gasteiger partial charge in [0.05, 0.1) is 6.54 Å². The Morgan fingerprint density at radius 1 is 0.625 bits per heavy atom. The molecule has 0 saturated carbocycles. The van der Waals surface area contributed by atoms with E-state index in [1.165, 1.54) is 0 Å². The van der Waals surface area contributed by atoms with Gasteiger partial charge in [0.1, 0.15) is 23.9 Å². The predicted octanol–water partition coefficient (Wildman–Crippen LogP) is 6.11. The lowest BCUT2D eigenvalue weighted by Crippen LogP contribution is -2.21. The van der Waals surface area contributed by atoms with Crippen molar-refractivity contribution < 1.29 is 14.3 Å². The Balaban J connectivity index is 1.21. The number of nitrogens with one attached hydrogen (secondary N) is 2. The Bertz CT molecular complexity index is 1110. The molecule has 0 saturated heterocycles. The molecule has 0 aliphatic heterocycles. The first-order valence-electron chi connectivity index (χ1n) is 10.4. The Labute approximate surface area is 187 Å². The summed E-state index contributed by atoms with van der Waals surface area (Å²) in [5.41, 5.74) is 2.67. The van der Waals surface area contributed by atoms with E-state index in [0.29, 0.717) is 18.0 Å². The minimum atomic E-state index is -0.133. The molecule has 0 aliphatic carbocycles. The molecule has 32 heavy (non-hydrogen) atoms. The summed E-state index contributed by atoms with van der Waals surface area (Å²) < 4.78 is 11.5. The van der Waals surface area contributed by atoms with Crippen LogP contribution in [0, 0.1) is 0 Å². The zero-order valence-corrected chi connectivity index (χ0v) is 17.5. The van der Waals surface area contributed by atoms with Crippen molar-refractivity contribution in [2.24, 2.45) is 0 Å². The van der Waals surface area contributed by atoms with E-state index < -0.39 is 0 Å². The molecule has 0 aliphatic rings. The molecule has 0 bridgehead atoms. The molecule has 0 fully saturated rings. The van der Waals surface area contributed by atoms with Gasteiger partial charge in [0.15, 0.2) is 0 Å². The van der Waals surface area contributed by atoms with Crippen molar-refractivity contribution in [2.75, 3.05) is 17.2 Å². The summed E-state index contributed by atoms with van der Waals surface area (Å²) in [5, 5.41) is 5.99. The molecular weight excluding hydrogens is 400 g/mol. The number of hydrogen-bond donors (Lipinski definition) is 2. The fraction of sp³-hybridized carbons (Fsp3) is 0.0741. The maximum Gasteiger partial charge on any atom is 0.243 e. The quantitative estimate of drug-likeness (QED) is 0.340. The summed E-state index contributed by atoms with van der Waals surface area (Å²) in [6.45, 7) is 0.678. The monoisotopic (exact) mass is 424 g/mol. The summed E-state index contributed by atoms with van der Waals surface area (Å²) in [4.78, 5) is 12.3. The maximum atomic E-state index is 12.3. The van der Waals surface area contributed by atoms with E-state index in [9.17, 15) is 4.79 Å². The van der Waals surface area contributed by atoms with Gasteiger partial charge in [-0.15, -0.1) is 0 Å². The number of para-hydroxylation sites is 1. The van der Waals surface area contributed by atoms with Crippen molar-refractivity contribution in [1.29, 1.82) is 0 Å². The molecule has 0 unspecified atom stereocenters. The minimum Gasteiger partial charge on any atom is -0.489 e. The third-order valence-electron chi connectivity index (χ3n) is 4.67. The number of hydrogen-bond acceptors (Lipinski definition) is 4. The summed E-state index contributed by atoms with van der Waals surface area (Å²) in [6.07, 6.45) is 0. The van der Waals surface area contributed by atoms with Crippen LogP contribution in [0.15, 0.2) is 109 Å². The largest absolute Gasteiger partial charge is 0.489 e. The standard InChI is InChI=1S/C27H24N2O3/c30-27(29-23-13-17-26(18-14-23)32-25-9-5-2-6-10-25)19-28-22-11-15-24(16-12-22)31-20-21-7-3-1-4-8-21/h1-18,28H,19-20H2,(H,29,30). The normalized spacial score (nSPS) is 10.2. The van der Waals surface area contributed by atoms with Crippen molar-refractivity contribution in [1.82, 2.24) is 0 Å². The van der Waals surface area contributed by atoms with Gasteiger partial charge in [0.25, 0.3) is 0 Å². The summed E-state index contributed by atoms with van der Waals surface area (Å²) in [6, 6.07) is 34.4. The maximum absolute atomic E-state index is 12.3. The fourth-order valence-electron chi connectivity index (χ4n) is 3.03. The molecule has 0 radical (unpaired) electrons. The first-order chi connectivity index (χ1) is 15.7. The lowest BCUT2D eigenvalue weighted by Gasteiger charge is -2.10. The summed E-state index contributed by atoms with van der Waals surface area (Å²) >= 11 is 0. The van der Waals surface area contributed by atoms with Crippen LogP contribution < -0.4 is 20.1 Å².